The Labute approximate surface area is 204 Å². The molecule has 0 N–H and O–H groups in total. The van der Waals surface area contributed by atoms with E-state index in [0.717, 1.165) is 31.2 Å². The molecule has 0 atom stereocenters. The Bertz CT molecular complexity index is 1280. The molecule has 2 heterocycles. The van der Waals surface area contributed by atoms with Crippen LogP contribution in [0.2, 0.25) is 0 Å². The van der Waals surface area contributed by atoms with Crippen molar-refractivity contribution in [2.24, 2.45) is 11.8 Å². The average Bonchev–Trinajstić information content (AvgIpc) is 3.31. The molecule has 0 amide bonds. The normalized spacial score (nSPS) is 18.4. The quantitative estimate of drug-likeness (QED) is 0.339. The van der Waals surface area contributed by atoms with E-state index in [1.807, 2.05) is 6.92 Å². The maximum absolute atomic E-state index is 12.4. The highest BCUT2D eigenvalue weighted by Crippen LogP contribution is 2.30. The Balaban J connectivity index is 1.30. The van der Waals surface area contributed by atoms with E-state index in [0.29, 0.717) is 29.5 Å². The van der Waals surface area contributed by atoms with Crippen molar-refractivity contribution in [3.8, 4) is 11.4 Å². The zero-order valence-electron chi connectivity index (χ0n) is 20.0. The number of aromatic nitrogens is 5. The van der Waals surface area contributed by atoms with Crippen molar-refractivity contribution in [3.63, 3.8) is 0 Å². The van der Waals surface area contributed by atoms with Crippen LogP contribution < -0.4 is 0 Å². The zero-order valence-corrected chi connectivity index (χ0v) is 20.9. The Morgan fingerprint density at radius 3 is 2.43 bits per heavy atom. The summed E-state index contributed by atoms with van der Waals surface area (Å²) in [6.45, 7) is 4.51. The van der Waals surface area contributed by atoms with Crippen molar-refractivity contribution in [2.75, 3.05) is 13.7 Å². The van der Waals surface area contributed by atoms with Gasteiger partial charge in [-0.25, -0.2) is 9.78 Å². The molecule has 3 aromatic rings. The van der Waals surface area contributed by atoms with E-state index in [2.05, 4.69) is 20.4 Å². The van der Waals surface area contributed by atoms with Crippen LogP contribution in [0.25, 0.3) is 11.4 Å². The highest BCUT2D eigenvalue weighted by Gasteiger charge is 2.25. The predicted molar refractivity (Wildman–Crippen MR) is 127 cm³/mol. The lowest BCUT2D eigenvalue weighted by Gasteiger charge is -2.27. The van der Waals surface area contributed by atoms with E-state index in [9.17, 15) is 13.2 Å². The van der Waals surface area contributed by atoms with Crippen LogP contribution in [0.5, 0.6) is 0 Å². The molecule has 4 rings (SSSR count). The molecule has 0 spiro atoms. The SMILES string of the molecule is COC(=O)c1cc(-c2nnn(C[C@H]3CC[C@H](COS(=O)(=O)c4ccc(C)cc4)CC3)n2)cc(C)n1. The molecule has 0 unspecified atom stereocenters. The molecule has 35 heavy (non-hydrogen) atoms. The van der Waals surface area contributed by atoms with E-state index >= 15 is 0 Å². The summed E-state index contributed by atoms with van der Waals surface area (Å²) in [6.07, 6.45) is 3.61. The number of esters is 1. The second-order valence-corrected chi connectivity index (χ2v) is 10.6. The second kappa shape index (κ2) is 10.6. The second-order valence-electron chi connectivity index (χ2n) is 8.98. The number of rotatable bonds is 8. The van der Waals surface area contributed by atoms with E-state index < -0.39 is 16.1 Å². The smallest absolute Gasteiger partial charge is 0.356 e. The van der Waals surface area contributed by atoms with Crippen LogP contribution in [0.15, 0.2) is 41.3 Å². The first kappa shape index (κ1) is 24.9. The first-order valence-corrected chi connectivity index (χ1v) is 13.0. The first-order valence-electron chi connectivity index (χ1n) is 11.5. The van der Waals surface area contributed by atoms with Gasteiger partial charge in [0.15, 0.2) is 0 Å². The third kappa shape index (κ3) is 6.29. The van der Waals surface area contributed by atoms with Crippen LogP contribution in [-0.2, 0) is 25.6 Å². The molecular formula is C24H29N5O5S. The number of tetrazole rings is 1. The Hall–Kier alpha value is -3.18. The minimum absolute atomic E-state index is 0.188. The summed E-state index contributed by atoms with van der Waals surface area (Å²) in [6, 6.07) is 10.1. The van der Waals surface area contributed by atoms with Gasteiger partial charge >= 0.3 is 5.97 Å². The first-order chi connectivity index (χ1) is 16.7. The molecule has 11 heteroatoms. The number of methoxy groups -OCH3 is 1. The van der Waals surface area contributed by atoms with E-state index in [1.54, 1.807) is 48.1 Å². The Kier molecular flexibility index (Phi) is 7.56. The Morgan fingerprint density at radius 1 is 1.06 bits per heavy atom. The van der Waals surface area contributed by atoms with Gasteiger partial charge in [0.25, 0.3) is 10.1 Å². The number of pyridine rings is 1. The van der Waals surface area contributed by atoms with Gasteiger partial charge in [-0.2, -0.15) is 13.2 Å². The molecule has 0 bridgehead atoms. The number of ether oxygens (including phenoxy) is 1. The maximum atomic E-state index is 12.4. The molecule has 1 aliphatic carbocycles. The number of benzene rings is 1. The topological polar surface area (TPSA) is 126 Å². The molecule has 186 valence electrons. The van der Waals surface area contributed by atoms with Crippen LogP contribution in [0, 0.1) is 25.7 Å². The fourth-order valence-electron chi connectivity index (χ4n) is 4.21. The molecule has 1 saturated carbocycles. The summed E-state index contributed by atoms with van der Waals surface area (Å²) < 4.78 is 35.0. The lowest BCUT2D eigenvalue weighted by Crippen LogP contribution is -2.23. The molecule has 1 fully saturated rings. The third-order valence-corrected chi connectivity index (χ3v) is 7.51. The molecule has 10 nitrogen and oxygen atoms in total. The fraction of sp³-hybridized carbons (Fsp3) is 0.458. The maximum Gasteiger partial charge on any atom is 0.356 e. The monoisotopic (exact) mass is 499 g/mol. The van der Waals surface area contributed by atoms with Crippen LogP contribution in [0.1, 0.15) is 47.4 Å². The van der Waals surface area contributed by atoms with Gasteiger partial charge < -0.3 is 4.74 Å². The van der Waals surface area contributed by atoms with Crippen LogP contribution in [0.3, 0.4) is 0 Å². The number of hydrogen-bond acceptors (Lipinski definition) is 9. The van der Waals surface area contributed by atoms with Gasteiger partial charge in [-0.1, -0.05) is 17.7 Å². The zero-order chi connectivity index (χ0) is 25.0. The number of carbonyl (C=O) groups excluding carboxylic acids is 1. The van der Waals surface area contributed by atoms with Crippen LogP contribution in [0.4, 0.5) is 0 Å². The minimum Gasteiger partial charge on any atom is -0.464 e. The minimum atomic E-state index is -3.74. The number of nitrogens with zero attached hydrogens (tertiary/aromatic N) is 5. The number of aryl methyl sites for hydroxylation is 2. The van der Waals surface area contributed by atoms with Crippen molar-refractivity contribution in [2.45, 2.75) is 51.0 Å². The average molecular weight is 500 g/mol. The number of hydrogen-bond donors (Lipinski definition) is 0. The van der Waals surface area contributed by atoms with Gasteiger partial charge in [0, 0.05) is 11.3 Å². The molecule has 0 radical (unpaired) electrons. The van der Waals surface area contributed by atoms with Gasteiger partial charge in [-0.15, -0.1) is 10.2 Å². The third-order valence-electron chi connectivity index (χ3n) is 6.22. The summed E-state index contributed by atoms with van der Waals surface area (Å²) in [5.41, 5.74) is 2.51. The summed E-state index contributed by atoms with van der Waals surface area (Å²) in [5, 5.41) is 12.8. The molecule has 1 aliphatic rings. The fourth-order valence-corrected chi connectivity index (χ4v) is 5.19. The van der Waals surface area contributed by atoms with E-state index in [1.165, 1.54) is 7.11 Å². The number of carbonyl (C=O) groups is 1. The highest BCUT2D eigenvalue weighted by atomic mass is 32.2. The molecule has 2 aromatic heterocycles. The van der Waals surface area contributed by atoms with Gasteiger partial charge in [-0.05, 0) is 80.8 Å². The largest absolute Gasteiger partial charge is 0.464 e. The summed E-state index contributed by atoms with van der Waals surface area (Å²) >= 11 is 0. The summed E-state index contributed by atoms with van der Waals surface area (Å²) in [4.78, 5) is 17.8. The molecule has 0 saturated heterocycles. The molecular weight excluding hydrogens is 470 g/mol. The van der Waals surface area contributed by atoms with Gasteiger partial charge in [0.2, 0.25) is 5.82 Å². The van der Waals surface area contributed by atoms with E-state index in [4.69, 9.17) is 8.92 Å². The van der Waals surface area contributed by atoms with Gasteiger partial charge in [0.1, 0.15) is 5.69 Å². The van der Waals surface area contributed by atoms with Crippen molar-refractivity contribution >= 4 is 16.1 Å². The van der Waals surface area contributed by atoms with Crippen molar-refractivity contribution < 1.29 is 22.1 Å². The van der Waals surface area contributed by atoms with Gasteiger partial charge in [-0.3, -0.25) is 4.18 Å². The lowest BCUT2D eigenvalue weighted by atomic mass is 9.82. The van der Waals surface area contributed by atoms with Crippen molar-refractivity contribution in [3.05, 3.63) is 53.3 Å². The van der Waals surface area contributed by atoms with E-state index in [-0.39, 0.29) is 23.1 Å². The molecule has 0 aliphatic heterocycles. The highest BCUT2D eigenvalue weighted by molar-refractivity contribution is 7.86. The van der Waals surface area contributed by atoms with Crippen molar-refractivity contribution in [1.82, 2.24) is 25.2 Å². The van der Waals surface area contributed by atoms with Crippen LogP contribution >= 0.6 is 0 Å². The van der Waals surface area contributed by atoms with Crippen LogP contribution in [-0.4, -0.2) is 53.3 Å². The van der Waals surface area contributed by atoms with Crippen molar-refractivity contribution in [1.29, 1.82) is 0 Å². The van der Waals surface area contributed by atoms with Gasteiger partial charge in [0.05, 0.1) is 25.2 Å². The summed E-state index contributed by atoms with van der Waals surface area (Å²) in [5.74, 6) is 0.466. The molecule has 1 aromatic carbocycles. The predicted octanol–water partition coefficient (Wildman–Crippen LogP) is 3.35. The lowest BCUT2D eigenvalue weighted by molar-refractivity contribution is 0.0594. The Morgan fingerprint density at radius 2 is 1.74 bits per heavy atom. The standard InChI is InChI=1S/C24H29N5O5S/c1-16-4-10-21(11-5-16)35(31,32)34-15-19-8-6-18(7-9-19)14-29-27-23(26-28-29)20-12-17(2)25-22(13-20)24(30)33-3/h4-5,10-13,18-19H,6-9,14-15H2,1-3H3/t18-,19-. The summed E-state index contributed by atoms with van der Waals surface area (Å²) in [7, 11) is -2.43.